The first-order valence-electron chi connectivity index (χ1n) is 4.20. The summed E-state index contributed by atoms with van der Waals surface area (Å²) in [5, 5.41) is 25.0. The van der Waals surface area contributed by atoms with Gasteiger partial charge in [0.2, 0.25) is 5.82 Å². The van der Waals surface area contributed by atoms with E-state index in [1.165, 1.54) is 0 Å². The summed E-state index contributed by atoms with van der Waals surface area (Å²) in [6.45, 7) is 1.70. The number of nitrogens with zero attached hydrogens (tertiary/aromatic N) is 4. The second-order valence-corrected chi connectivity index (χ2v) is 3.76. The van der Waals surface area contributed by atoms with E-state index in [9.17, 15) is 5.11 Å². The Morgan fingerprint density at radius 3 is 2.47 bits per heavy atom. The molecule has 0 atom stereocenters. The number of phenols is 1. The Bertz CT molecular complexity index is 486. The maximum Gasteiger partial charge on any atom is 0.207 e. The monoisotopic (exact) mass is 266 g/mol. The minimum Gasteiger partial charge on any atom is -0.506 e. The van der Waals surface area contributed by atoms with Crippen molar-refractivity contribution in [2.45, 2.75) is 6.92 Å². The van der Waals surface area contributed by atoms with Crippen molar-refractivity contribution in [2.75, 3.05) is 0 Å². The molecule has 0 unspecified atom stereocenters. The molecule has 0 aliphatic carbocycles. The summed E-state index contributed by atoms with van der Waals surface area (Å²) in [6.07, 6.45) is 0. The molecule has 0 bridgehead atoms. The largest absolute Gasteiger partial charge is 0.506 e. The number of halogens is 1. The van der Waals surface area contributed by atoms with Gasteiger partial charge in [-0.15, -0.1) is 20.4 Å². The average molecular weight is 267 g/mol. The smallest absolute Gasteiger partial charge is 0.207 e. The van der Waals surface area contributed by atoms with E-state index in [4.69, 9.17) is 0 Å². The summed E-state index contributed by atoms with van der Waals surface area (Å²) in [7, 11) is 0. The lowest BCUT2D eigenvalue weighted by Gasteiger charge is -2.02. The van der Waals surface area contributed by atoms with Crippen LogP contribution in [-0.4, -0.2) is 25.5 Å². The number of hydrogen-bond donors (Lipinski definition) is 1. The van der Waals surface area contributed by atoms with E-state index in [-0.39, 0.29) is 5.75 Å². The van der Waals surface area contributed by atoms with Crippen LogP contribution in [0.5, 0.6) is 5.75 Å². The third kappa shape index (κ3) is 1.94. The van der Waals surface area contributed by atoms with Gasteiger partial charge in [0, 0.05) is 0 Å². The lowest BCUT2D eigenvalue weighted by Crippen LogP contribution is -1.98. The van der Waals surface area contributed by atoms with Gasteiger partial charge in [-0.25, -0.2) is 0 Å². The molecule has 0 aliphatic rings. The van der Waals surface area contributed by atoms with Crippen LogP contribution in [0.3, 0.4) is 0 Å². The number of para-hydroxylation sites is 1. The fourth-order valence-corrected chi connectivity index (χ4v) is 1.45. The van der Waals surface area contributed by atoms with Crippen molar-refractivity contribution in [3.05, 3.63) is 28.5 Å². The molecule has 1 aromatic carbocycles. The van der Waals surface area contributed by atoms with Crippen molar-refractivity contribution in [1.29, 1.82) is 0 Å². The van der Waals surface area contributed by atoms with Crippen LogP contribution in [-0.2, 0) is 0 Å². The molecule has 76 valence electrons. The van der Waals surface area contributed by atoms with Gasteiger partial charge >= 0.3 is 0 Å². The first-order chi connectivity index (χ1) is 7.18. The van der Waals surface area contributed by atoms with Crippen LogP contribution in [0, 0.1) is 6.92 Å². The molecule has 15 heavy (non-hydrogen) atoms. The number of benzene rings is 1. The standard InChI is InChI=1S/C9H7BrN4O/c1-5-11-13-9(14-12-5)6-3-2-4-7(10)8(6)15/h2-4,15H,1H3. The summed E-state index contributed by atoms with van der Waals surface area (Å²) in [5.41, 5.74) is 0.504. The Labute approximate surface area is 94.3 Å². The second-order valence-electron chi connectivity index (χ2n) is 2.91. The average Bonchev–Trinajstić information content (AvgIpc) is 2.24. The lowest BCUT2D eigenvalue weighted by molar-refractivity contribution is 0.473. The van der Waals surface area contributed by atoms with E-state index >= 15 is 0 Å². The minimum atomic E-state index is 0.0879. The number of aryl methyl sites for hydroxylation is 1. The van der Waals surface area contributed by atoms with Crippen molar-refractivity contribution in [3.63, 3.8) is 0 Å². The van der Waals surface area contributed by atoms with E-state index in [1.54, 1.807) is 25.1 Å². The normalized spacial score (nSPS) is 10.3. The van der Waals surface area contributed by atoms with E-state index in [1.807, 2.05) is 0 Å². The van der Waals surface area contributed by atoms with E-state index < -0.39 is 0 Å². The molecule has 2 aromatic rings. The maximum atomic E-state index is 9.74. The molecule has 0 spiro atoms. The molecule has 0 saturated carbocycles. The molecule has 0 saturated heterocycles. The van der Waals surface area contributed by atoms with Crippen LogP contribution in [0.4, 0.5) is 0 Å². The first kappa shape index (κ1) is 9.97. The van der Waals surface area contributed by atoms with Gasteiger partial charge in [-0.1, -0.05) is 6.07 Å². The van der Waals surface area contributed by atoms with Gasteiger partial charge in [0.05, 0.1) is 10.0 Å². The van der Waals surface area contributed by atoms with Gasteiger partial charge in [0.15, 0.2) is 5.82 Å². The Balaban J connectivity index is 2.54. The van der Waals surface area contributed by atoms with Crippen LogP contribution in [0.2, 0.25) is 0 Å². The van der Waals surface area contributed by atoms with E-state index in [0.29, 0.717) is 21.7 Å². The molecule has 1 heterocycles. The molecular weight excluding hydrogens is 260 g/mol. The highest BCUT2D eigenvalue weighted by Gasteiger charge is 2.10. The molecular formula is C9H7BrN4O. The Hall–Kier alpha value is -1.56. The highest BCUT2D eigenvalue weighted by molar-refractivity contribution is 9.10. The number of hydrogen-bond acceptors (Lipinski definition) is 5. The third-order valence-corrected chi connectivity index (χ3v) is 2.45. The van der Waals surface area contributed by atoms with Crippen molar-refractivity contribution in [1.82, 2.24) is 20.4 Å². The van der Waals surface area contributed by atoms with E-state index in [0.717, 1.165) is 0 Å². The molecule has 5 nitrogen and oxygen atoms in total. The quantitative estimate of drug-likeness (QED) is 0.851. The summed E-state index contributed by atoms with van der Waals surface area (Å²) >= 11 is 3.21. The molecule has 0 fully saturated rings. The van der Waals surface area contributed by atoms with E-state index in [2.05, 4.69) is 36.3 Å². The van der Waals surface area contributed by atoms with Crippen LogP contribution < -0.4 is 0 Å². The number of aromatic hydroxyl groups is 1. The second kappa shape index (κ2) is 3.90. The zero-order valence-electron chi connectivity index (χ0n) is 7.85. The zero-order chi connectivity index (χ0) is 10.8. The van der Waals surface area contributed by atoms with Crippen molar-refractivity contribution in [3.8, 4) is 17.1 Å². The molecule has 0 amide bonds. The topological polar surface area (TPSA) is 71.8 Å². The summed E-state index contributed by atoms with van der Waals surface area (Å²) in [5.74, 6) is 0.887. The van der Waals surface area contributed by atoms with Gasteiger partial charge in [0.1, 0.15) is 5.75 Å². The fourth-order valence-electron chi connectivity index (χ4n) is 1.08. The van der Waals surface area contributed by atoms with Gasteiger partial charge in [-0.2, -0.15) is 0 Å². The Morgan fingerprint density at radius 2 is 1.80 bits per heavy atom. The molecule has 0 aliphatic heterocycles. The lowest BCUT2D eigenvalue weighted by atomic mass is 10.2. The van der Waals surface area contributed by atoms with Crippen LogP contribution in [0.15, 0.2) is 22.7 Å². The zero-order valence-corrected chi connectivity index (χ0v) is 9.43. The predicted molar refractivity (Wildman–Crippen MR) is 57.2 cm³/mol. The molecule has 2 rings (SSSR count). The third-order valence-electron chi connectivity index (χ3n) is 1.81. The summed E-state index contributed by atoms with van der Waals surface area (Å²) in [6, 6.07) is 5.21. The van der Waals surface area contributed by atoms with Crippen LogP contribution in [0.25, 0.3) is 11.4 Å². The van der Waals surface area contributed by atoms with Gasteiger partial charge < -0.3 is 5.11 Å². The number of phenolic OH excluding ortho intramolecular Hbond substituents is 1. The van der Waals surface area contributed by atoms with Gasteiger partial charge in [-0.05, 0) is 35.0 Å². The van der Waals surface area contributed by atoms with Gasteiger partial charge in [-0.3, -0.25) is 0 Å². The molecule has 6 heteroatoms. The van der Waals surface area contributed by atoms with Crippen molar-refractivity contribution < 1.29 is 5.11 Å². The minimum absolute atomic E-state index is 0.0879. The van der Waals surface area contributed by atoms with Crippen LogP contribution >= 0.6 is 15.9 Å². The molecule has 1 N–H and O–H groups in total. The SMILES string of the molecule is Cc1nnc(-c2cccc(Br)c2O)nn1. The van der Waals surface area contributed by atoms with Crippen molar-refractivity contribution in [2.24, 2.45) is 0 Å². The fraction of sp³-hybridized carbons (Fsp3) is 0.111. The first-order valence-corrected chi connectivity index (χ1v) is 4.99. The summed E-state index contributed by atoms with van der Waals surface area (Å²) < 4.78 is 0.587. The van der Waals surface area contributed by atoms with Crippen molar-refractivity contribution >= 4 is 15.9 Å². The van der Waals surface area contributed by atoms with Crippen LogP contribution in [0.1, 0.15) is 5.82 Å². The number of rotatable bonds is 1. The number of aromatic nitrogens is 4. The highest BCUT2D eigenvalue weighted by atomic mass is 79.9. The predicted octanol–water partition coefficient (Wildman–Crippen LogP) is 1.71. The summed E-state index contributed by atoms with van der Waals surface area (Å²) in [4.78, 5) is 0. The Morgan fingerprint density at radius 1 is 1.13 bits per heavy atom. The van der Waals surface area contributed by atoms with Gasteiger partial charge in [0.25, 0.3) is 0 Å². The molecule has 1 aromatic heterocycles. The highest BCUT2D eigenvalue weighted by Crippen LogP contribution is 2.32. The molecule has 0 radical (unpaired) electrons. The Kier molecular flexibility index (Phi) is 2.59. The maximum absolute atomic E-state index is 9.74.